The molecule has 0 aliphatic heterocycles. The zero-order valence-electron chi connectivity index (χ0n) is 12.6. The topological polar surface area (TPSA) is 20.3 Å². The highest BCUT2D eigenvalue weighted by molar-refractivity contribution is 6.00. The first-order valence-electron chi connectivity index (χ1n) is 6.83. The average Bonchev–Trinajstić information content (AvgIpc) is 2.47. The molecule has 0 unspecified atom stereocenters. The fourth-order valence-electron chi connectivity index (χ4n) is 2.28. The number of carbonyl (C=O) groups is 1. The summed E-state index contributed by atoms with van der Waals surface area (Å²) in [5.74, 6) is 0.0903. The second-order valence-electron chi connectivity index (χ2n) is 5.69. The van der Waals surface area contributed by atoms with Crippen LogP contribution in [0.4, 0.5) is 5.69 Å². The molecule has 2 nitrogen and oxygen atoms in total. The molecule has 20 heavy (non-hydrogen) atoms. The number of rotatable bonds is 3. The number of para-hydroxylation sites is 1. The lowest BCUT2D eigenvalue weighted by atomic mass is 9.83. The molecule has 0 bridgehead atoms. The molecule has 0 fully saturated rings. The van der Waals surface area contributed by atoms with Crippen molar-refractivity contribution in [3.63, 3.8) is 0 Å². The van der Waals surface area contributed by atoms with Crippen molar-refractivity contribution in [1.29, 1.82) is 0 Å². The first kappa shape index (κ1) is 14.3. The number of carbonyl (C=O) groups excluding carboxylic acids is 1. The van der Waals surface area contributed by atoms with E-state index in [1.807, 2.05) is 75.5 Å². The van der Waals surface area contributed by atoms with Gasteiger partial charge in [0.05, 0.1) is 5.41 Å². The molecule has 0 N–H and O–H groups in total. The van der Waals surface area contributed by atoms with Crippen LogP contribution in [0.25, 0.3) is 0 Å². The van der Waals surface area contributed by atoms with E-state index in [9.17, 15) is 4.79 Å². The number of amides is 1. The predicted octanol–water partition coefficient (Wildman–Crippen LogP) is 3.94. The van der Waals surface area contributed by atoms with Crippen LogP contribution in [-0.2, 0) is 10.2 Å². The Hall–Kier alpha value is -2.09. The second kappa shape index (κ2) is 5.49. The van der Waals surface area contributed by atoms with E-state index in [1.165, 1.54) is 5.56 Å². The molecule has 1 amide bonds. The van der Waals surface area contributed by atoms with Crippen LogP contribution in [-0.4, -0.2) is 13.0 Å². The van der Waals surface area contributed by atoms with Crippen molar-refractivity contribution < 1.29 is 4.79 Å². The molecule has 0 spiro atoms. The summed E-state index contributed by atoms with van der Waals surface area (Å²) < 4.78 is 0. The third kappa shape index (κ3) is 2.74. The molecule has 0 saturated heterocycles. The number of aryl methyl sites for hydroxylation is 1. The number of nitrogens with zero attached hydrogens (tertiary/aromatic N) is 1. The van der Waals surface area contributed by atoms with Crippen molar-refractivity contribution in [2.24, 2.45) is 0 Å². The maximum atomic E-state index is 12.8. The maximum Gasteiger partial charge on any atom is 0.236 e. The monoisotopic (exact) mass is 267 g/mol. The third-order valence-corrected chi connectivity index (χ3v) is 3.76. The molecule has 0 atom stereocenters. The lowest BCUT2D eigenvalue weighted by Crippen LogP contribution is -2.41. The van der Waals surface area contributed by atoms with Gasteiger partial charge in [-0.15, -0.1) is 0 Å². The molecule has 0 radical (unpaired) electrons. The fourth-order valence-corrected chi connectivity index (χ4v) is 2.28. The molecule has 2 heteroatoms. The van der Waals surface area contributed by atoms with Crippen LogP contribution < -0.4 is 4.90 Å². The first-order chi connectivity index (χ1) is 9.43. The van der Waals surface area contributed by atoms with Crippen molar-refractivity contribution in [1.82, 2.24) is 0 Å². The van der Waals surface area contributed by atoms with Gasteiger partial charge in [-0.05, 0) is 38.5 Å². The summed E-state index contributed by atoms with van der Waals surface area (Å²) in [6, 6.07) is 17.9. The minimum Gasteiger partial charge on any atom is -0.315 e. The van der Waals surface area contributed by atoms with Gasteiger partial charge in [0.2, 0.25) is 5.91 Å². The van der Waals surface area contributed by atoms with Gasteiger partial charge < -0.3 is 4.90 Å². The predicted molar refractivity (Wildman–Crippen MR) is 84.1 cm³/mol. The van der Waals surface area contributed by atoms with Crippen LogP contribution in [0.15, 0.2) is 54.6 Å². The normalized spacial score (nSPS) is 11.2. The number of hydrogen-bond acceptors (Lipinski definition) is 1. The van der Waals surface area contributed by atoms with Crippen molar-refractivity contribution in [3.8, 4) is 0 Å². The lowest BCUT2D eigenvalue weighted by Gasteiger charge is -2.30. The minimum atomic E-state index is -0.543. The van der Waals surface area contributed by atoms with Crippen LogP contribution in [0.5, 0.6) is 0 Å². The van der Waals surface area contributed by atoms with Crippen molar-refractivity contribution in [2.45, 2.75) is 26.2 Å². The van der Waals surface area contributed by atoms with E-state index in [0.717, 1.165) is 11.3 Å². The van der Waals surface area contributed by atoms with E-state index in [4.69, 9.17) is 0 Å². The van der Waals surface area contributed by atoms with E-state index < -0.39 is 5.41 Å². The molecule has 0 saturated carbocycles. The summed E-state index contributed by atoms with van der Waals surface area (Å²) >= 11 is 0. The van der Waals surface area contributed by atoms with Gasteiger partial charge in [0, 0.05) is 12.7 Å². The summed E-state index contributed by atoms with van der Waals surface area (Å²) in [6.45, 7) is 5.99. The molecule has 0 aliphatic rings. The number of anilines is 1. The van der Waals surface area contributed by atoms with Gasteiger partial charge in [0.1, 0.15) is 0 Å². The Bertz CT molecular complexity index is 585. The molecule has 0 aromatic heterocycles. The van der Waals surface area contributed by atoms with Gasteiger partial charge in [-0.25, -0.2) is 0 Å². The van der Waals surface area contributed by atoms with Crippen LogP contribution in [0.2, 0.25) is 0 Å². The van der Waals surface area contributed by atoms with E-state index in [1.54, 1.807) is 4.90 Å². The molecule has 104 valence electrons. The van der Waals surface area contributed by atoms with Gasteiger partial charge in [0.15, 0.2) is 0 Å². The summed E-state index contributed by atoms with van der Waals surface area (Å²) in [5, 5.41) is 0. The average molecular weight is 267 g/mol. The molecule has 2 rings (SSSR count). The summed E-state index contributed by atoms with van der Waals surface area (Å²) in [6.07, 6.45) is 0. The third-order valence-electron chi connectivity index (χ3n) is 3.76. The van der Waals surface area contributed by atoms with Gasteiger partial charge in [0.25, 0.3) is 0 Å². The van der Waals surface area contributed by atoms with Crippen LogP contribution >= 0.6 is 0 Å². The van der Waals surface area contributed by atoms with E-state index in [-0.39, 0.29) is 5.91 Å². The van der Waals surface area contributed by atoms with Gasteiger partial charge >= 0.3 is 0 Å². The highest BCUT2D eigenvalue weighted by atomic mass is 16.2. The van der Waals surface area contributed by atoms with Crippen LogP contribution in [0.3, 0.4) is 0 Å². The molecular formula is C18H21NO. The first-order valence-corrected chi connectivity index (χ1v) is 6.83. The SMILES string of the molecule is Cc1ccc(C(C)(C)C(=O)N(C)c2ccccc2)cc1. The van der Waals surface area contributed by atoms with Gasteiger partial charge in [-0.2, -0.15) is 0 Å². The van der Waals surface area contributed by atoms with Crippen molar-refractivity contribution in [3.05, 3.63) is 65.7 Å². The van der Waals surface area contributed by atoms with Crippen molar-refractivity contribution >= 4 is 11.6 Å². The Balaban J connectivity index is 2.29. The minimum absolute atomic E-state index is 0.0903. The molecule has 0 heterocycles. The standard InChI is InChI=1S/C18H21NO/c1-14-10-12-15(13-11-14)18(2,3)17(20)19(4)16-8-6-5-7-9-16/h5-13H,1-4H3. The fraction of sp³-hybridized carbons (Fsp3) is 0.278. The zero-order chi connectivity index (χ0) is 14.8. The largest absolute Gasteiger partial charge is 0.315 e. The summed E-state index contributed by atoms with van der Waals surface area (Å²) in [7, 11) is 1.83. The van der Waals surface area contributed by atoms with E-state index in [2.05, 4.69) is 6.92 Å². The summed E-state index contributed by atoms with van der Waals surface area (Å²) in [5.41, 5.74) is 2.61. The Kier molecular flexibility index (Phi) is 3.93. The molecule has 2 aromatic carbocycles. The van der Waals surface area contributed by atoms with Crippen molar-refractivity contribution in [2.75, 3.05) is 11.9 Å². The number of likely N-dealkylation sites (N-methyl/N-ethyl adjacent to an activating group) is 1. The van der Waals surface area contributed by atoms with Gasteiger partial charge in [-0.1, -0.05) is 48.0 Å². The Morgan fingerprint density at radius 2 is 1.50 bits per heavy atom. The number of hydrogen-bond donors (Lipinski definition) is 0. The van der Waals surface area contributed by atoms with E-state index >= 15 is 0 Å². The maximum absolute atomic E-state index is 12.8. The highest BCUT2D eigenvalue weighted by Gasteiger charge is 2.32. The van der Waals surface area contributed by atoms with E-state index in [0.29, 0.717) is 0 Å². The molecule has 0 aliphatic carbocycles. The zero-order valence-corrected chi connectivity index (χ0v) is 12.6. The highest BCUT2D eigenvalue weighted by Crippen LogP contribution is 2.27. The second-order valence-corrected chi connectivity index (χ2v) is 5.69. The summed E-state index contributed by atoms with van der Waals surface area (Å²) in [4.78, 5) is 14.5. The van der Waals surface area contributed by atoms with Gasteiger partial charge in [-0.3, -0.25) is 4.79 Å². The Morgan fingerprint density at radius 1 is 0.950 bits per heavy atom. The Morgan fingerprint density at radius 3 is 2.05 bits per heavy atom. The smallest absolute Gasteiger partial charge is 0.236 e. The lowest BCUT2D eigenvalue weighted by molar-refractivity contribution is -0.122. The quantitative estimate of drug-likeness (QED) is 0.825. The van der Waals surface area contributed by atoms with Crippen LogP contribution in [0.1, 0.15) is 25.0 Å². The Labute approximate surface area is 121 Å². The molecule has 2 aromatic rings. The molecular weight excluding hydrogens is 246 g/mol. The number of benzene rings is 2. The van der Waals surface area contributed by atoms with Crippen LogP contribution in [0, 0.1) is 6.92 Å².